The van der Waals surface area contributed by atoms with Gasteiger partial charge in [0.2, 0.25) is 10.0 Å². The molecule has 1 aromatic carbocycles. The van der Waals surface area contributed by atoms with Gasteiger partial charge in [-0.25, -0.2) is 8.42 Å². The first-order chi connectivity index (χ1) is 9.30. The van der Waals surface area contributed by atoms with E-state index in [0.717, 1.165) is 11.7 Å². The summed E-state index contributed by atoms with van der Waals surface area (Å²) in [6, 6.07) is 1.35. The summed E-state index contributed by atoms with van der Waals surface area (Å²) in [6.07, 6.45) is -0.515. The molecule has 11 heteroatoms. The van der Waals surface area contributed by atoms with Gasteiger partial charge in [0.05, 0.1) is 39.6 Å². The molecule has 0 atom stereocenters. The van der Waals surface area contributed by atoms with Gasteiger partial charge < -0.3 is 5.11 Å². The lowest BCUT2D eigenvalue weighted by Crippen LogP contribution is -2.19. The minimum Gasteiger partial charge on any atom is -0.481 e. The highest BCUT2D eigenvalue weighted by atomic mass is 35.5. The number of benzene rings is 1. The molecule has 1 aromatic heterocycles. The number of anilines is 1. The zero-order chi connectivity index (χ0) is 14.9. The quantitative estimate of drug-likeness (QED) is 0.850. The summed E-state index contributed by atoms with van der Waals surface area (Å²) in [4.78, 5) is 10.4. The number of aromatic nitrogens is 2. The first kappa shape index (κ1) is 15.2. The Labute approximate surface area is 127 Å². The van der Waals surface area contributed by atoms with E-state index in [4.69, 9.17) is 28.3 Å². The molecule has 0 bridgehead atoms. The van der Waals surface area contributed by atoms with Crippen molar-refractivity contribution in [3.8, 4) is 0 Å². The lowest BCUT2D eigenvalue weighted by molar-refractivity contribution is -0.136. The van der Waals surface area contributed by atoms with Gasteiger partial charge in [0, 0.05) is 0 Å². The van der Waals surface area contributed by atoms with Gasteiger partial charge in [0.15, 0.2) is 0 Å². The molecule has 0 aliphatic heterocycles. The number of sulfonamides is 1. The summed E-state index contributed by atoms with van der Waals surface area (Å²) in [7, 11) is -3.86. The third-order valence-corrected chi connectivity index (χ3v) is 4.66. The number of hydrogen-bond donors (Lipinski definition) is 2. The van der Waals surface area contributed by atoms with Crippen molar-refractivity contribution in [1.82, 2.24) is 8.75 Å². The van der Waals surface area contributed by atoms with Crippen molar-refractivity contribution >= 4 is 67.6 Å². The van der Waals surface area contributed by atoms with E-state index in [2.05, 4.69) is 13.5 Å². The third kappa shape index (κ3) is 3.29. The molecule has 108 valence electrons. The second-order valence-electron chi connectivity index (χ2n) is 3.74. The zero-order valence-corrected chi connectivity index (χ0v) is 12.8. The second kappa shape index (κ2) is 5.68. The third-order valence-electron chi connectivity index (χ3n) is 2.29. The Kier molecular flexibility index (Phi) is 4.33. The summed E-state index contributed by atoms with van der Waals surface area (Å²) < 4.78 is 33.7. The Balaban J connectivity index is 2.39. The SMILES string of the molecule is O=C(O)CCS(=O)(=O)Nc1c(Cl)cc(Cl)c2nsnc12. The van der Waals surface area contributed by atoms with Crippen molar-refractivity contribution in [2.45, 2.75) is 6.42 Å². The molecule has 0 unspecified atom stereocenters. The highest BCUT2D eigenvalue weighted by Gasteiger charge is 2.20. The molecule has 0 aliphatic rings. The maximum absolute atomic E-state index is 11.8. The molecule has 2 rings (SSSR count). The minimum atomic E-state index is -3.86. The molecule has 0 aliphatic carbocycles. The lowest BCUT2D eigenvalue weighted by Gasteiger charge is -2.09. The van der Waals surface area contributed by atoms with Crippen LogP contribution in [0.15, 0.2) is 6.07 Å². The maximum Gasteiger partial charge on any atom is 0.304 e. The number of hydrogen-bond acceptors (Lipinski definition) is 6. The topological polar surface area (TPSA) is 109 Å². The molecule has 1 heterocycles. The molecule has 2 aromatic rings. The van der Waals surface area contributed by atoms with Gasteiger partial charge in [-0.15, -0.1) is 0 Å². The minimum absolute atomic E-state index is 0.0465. The van der Waals surface area contributed by atoms with E-state index in [1.54, 1.807) is 0 Å². The number of carboxylic acids is 1. The molecule has 20 heavy (non-hydrogen) atoms. The van der Waals surface area contributed by atoms with Crippen molar-refractivity contribution in [2.24, 2.45) is 0 Å². The molecule has 0 saturated heterocycles. The number of rotatable bonds is 5. The summed E-state index contributed by atoms with van der Waals surface area (Å²) in [6.45, 7) is 0. The van der Waals surface area contributed by atoms with Gasteiger partial charge in [-0.3, -0.25) is 9.52 Å². The number of aliphatic carboxylic acids is 1. The molecule has 2 N–H and O–H groups in total. The first-order valence-corrected chi connectivity index (χ1v) is 8.26. The highest BCUT2D eigenvalue weighted by Crippen LogP contribution is 2.35. The van der Waals surface area contributed by atoms with Crippen molar-refractivity contribution in [1.29, 1.82) is 0 Å². The van der Waals surface area contributed by atoms with Crippen LogP contribution in [0.1, 0.15) is 6.42 Å². The summed E-state index contributed by atoms with van der Waals surface area (Å²) >= 11 is 12.7. The van der Waals surface area contributed by atoms with Crippen LogP contribution in [0.3, 0.4) is 0 Å². The molecule has 0 amide bonds. The Hall–Kier alpha value is -1.16. The van der Waals surface area contributed by atoms with Crippen molar-refractivity contribution in [3.05, 3.63) is 16.1 Å². The fourth-order valence-corrected chi connectivity index (χ4v) is 3.68. The van der Waals surface area contributed by atoms with Crippen LogP contribution in [0.5, 0.6) is 0 Å². The number of nitrogens with zero attached hydrogens (tertiary/aromatic N) is 2. The smallest absolute Gasteiger partial charge is 0.304 e. The van der Waals surface area contributed by atoms with Crippen LogP contribution in [0.25, 0.3) is 11.0 Å². The van der Waals surface area contributed by atoms with E-state index >= 15 is 0 Å². The average molecular weight is 356 g/mol. The van der Waals surface area contributed by atoms with Gasteiger partial charge >= 0.3 is 5.97 Å². The molecule has 0 saturated carbocycles. The normalized spacial score (nSPS) is 11.7. The predicted molar refractivity (Wildman–Crippen MR) is 77.1 cm³/mol. The predicted octanol–water partition coefficient (Wildman–Crippen LogP) is 2.21. The molecule has 7 nitrogen and oxygen atoms in total. The van der Waals surface area contributed by atoms with Crippen molar-refractivity contribution < 1.29 is 18.3 Å². The largest absolute Gasteiger partial charge is 0.481 e. The summed E-state index contributed by atoms with van der Waals surface area (Å²) in [5.74, 6) is -1.78. The zero-order valence-electron chi connectivity index (χ0n) is 9.63. The van der Waals surface area contributed by atoms with Crippen LogP contribution in [0.4, 0.5) is 5.69 Å². The van der Waals surface area contributed by atoms with Crippen LogP contribution < -0.4 is 4.72 Å². The molecule has 0 fully saturated rings. The molecule has 0 spiro atoms. The lowest BCUT2D eigenvalue weighted by atomic mass is 10.3. The monoisotopic (exact) mass is 355 g/mol. The Morgan fingerprint density at radius 2 is 1.95 bits per heavy atom. The van der Waals surface area contributed by atoms with Gasteiger partial charge in [-0.1, -0.05) is 23.2 Å². The van der Waals surface area contributed by atoms with E-state index in [0.29, 0.717) is 5.52 Å². The van der Waals surface area contributed by atoms with Crippen LogP contribution in [-0.4, -0.2) is 34.0 Å². The van der Waals surface area contributed by atoms with Crippen LogP contribution >= 0.6 is 34.9 Å². The molecule has 0 radical (unpaired) electrons. The van der Waals surface area contributed by atoms with E-state index in [1.165, 1.54) is 6.07 Å². The fourth-order valence-electron chi connectivity index (χ4n) is 1.40. The Morgan fingerprint density at radius 1 is 1.30 bits per heavy atom. The fraction of sp³-hybridized carbons (Fsp3) is 0.222. The van der Waals surface area contributed by atoms with Crippen molar-refractivity contribution in [2.75, 3.05) is 10.5 Å². The van der Waals surface area contributed by atoms with Gasteiger partial charge in [-0.2, -0.15) is 8.75 Å². The first-order valence-electron chi connectivity index (χ1n) is 5.13. The van der Waals surface area contributed by atoms with Gasteiger partial charge in [0.25, 0.3) is 0 Å². The van der Waals surface area contributed by atoms with E-state index in [9.17, 15) is 13.2 Å². The van der Waals surface area contributed by atoms with Crippen LogP contribution in [0, 0.1) is 0 Å². The number of fused-ring (bicyclic) bond motifs is 1. The number of nitrogens with one attached hydrogen (secondary N) is 1. The Morgan fingerprint density at radius 3 is 2.60 bits per heavy atom. The summed E-state index contributed by atoms with van der Waals surface area (Å²) in [5.41, 5.74) is 0.605. The molecular formula is C9H7Cl2N3O4S2. The van der Waals surface area contributed by atoms with E-state index in [-0.39, 0.29) is 21.2 Å². The second-order valence-corrected chi connectivity index (χ2v) is 6.93. The highest BCUT2D eigenvalue weighted by molar-refractivity contribution is 7.92. The Bertz CT molecular complexity index is 775. The van der Waals surface area contributed by atoms with Gasteiger partial charge in [-0.05, 0) is 6.07 Å². The van der Waals surface area contributed by atoms with Crippen LogP contribution in [0.2, 0.25) is 10.0 Å². The number of carbonyl (C=O) groups is 1. The molecular weight excluding hydrogens is 349 g/mol. The maximum atomic E-state index is 11.8. The summed E-state index contributed by atoms with van der Waals surface area (Å²) in [5, 5.41) is 8.84. The van der Waals surface area contributed by atoms with Crippen LogP contribution in [-0.2, 0) is 14.8 Å². The number of halogens is 2. The standard InChI is InChI=1S/C9H7Cl2N3O4S2/c10-4-3-5(11)8(9-7(4)12-19-13-9)14-20(17,18)2-1-6(15)16/h3,14H,1-2H2,(H,15,16). The van der Waals surface area contributed by atoms with E-state index in [1.807, 2.05) is 0 Å². The number of carboxylic acid groups (broad SMARTS) is 1. The average Bonchev–Trinajstić information content (AvgIpc) is 2.82. The van der Waals surface area contributed by atoms with Crippen molar-refractivity contribution in [3.63, 3.8) is 0 Å². The van der Waals surface area contributed by atoms with Gasteiger partial charge in [0.1, 0.15) is 11.0 Å². The van der Waals surface area contributed by atoms with E-state index < -0.39 is 28.2 Å².